The Morgan fingerprint density at radius 1 is 1.23 bits per heavy atom. The molecule has 2 unspecified atom stereocenters. The predicted octanol–water partition coefficient (Wildman–Crippen LogP) is 4.71. The molecule has 2 atom stereocenters. The lowest BCUT2D eigenvalue weighted by Gasteiger charge is -2.15. The van der Waals surface area contributed by atoms with Crippen LogP contribution in [0.1, 0.15) is 41.5 Å². The SMILES string of the molecule is CC1=Cc2cc(F)cc(C=Cc3ccc(S(C)=O)cc3)c2C1CC(=O)O. The third kappa shape index (κ3) is 3.83. The number of benzene rings is 2. The fourth-order valence-electron chi connectivity index (χ4n) is 3.29. The van der Waals surface area contributed by atoms with Crippen LogP contribution in [0.25, 0.3) is 18.2 Å². The summed E-state index contributed by atoms with van der Waals surface area (Å²) in [7, 11) is -1.03. The summed E-state index contributed by atoms with van der Waals surface area (Å²) in [6.45, 7) is 1.88. The van der Waals surface area contributed by atoms with Gasteiger partial charge in [0, 0.05) is 27.9 Å². The van der Waals surface area contributed by atoms with Crippen LogP contribution in [0.15, 0.2) is 46.9 Å². The molecule has 0 bridgehead atoms. The van der Waals surface area contributed by atoms with E-state index in [9.17, 15) is 18.5 Å². The van der Waals surface area contributed by atoms with Gasteiger partial charge < -0.3 is 5.11 Å². The molecular weight excluding hydrogens is 351 g/mol. The van der Waals surface area contributed by atoms with Crippen molar-refractivity contribution in [2.45, 2.75) is 24.2 Å². The van der Waals surface area contributed by atoms with Gasteiger partial charge in [0.15, 0.2) is 0 Å². The maximum Gasteiger partial charge on any atom is 0.304 e. The first-order valence-electron chi connectivity index (χ1n) is 8.20. The first kappa shape index (κ1) is 18.3. The van der Waals surface area contributed by atoms with E-state index in [1.54, 1.807) is 24.5 Å². The molecule has 2 aromatic rings. The summed E-state index contributed by atoms with van der Waals surface area (Å²) in [4.78, 5) is 12.0. The van der Waals surface area contributed by atoms with Crippen molar-refractivity contribution in [3.63, 3.8) is 0 Å². The molecule has 134 valence electrons. The van der Waals surface area contributed by atoms with Gasteiger partial charge in [-0.1, -0.05) is 35.9 Å². The Hall–Kier alpha value is -2.53. The van der Waals surface area contributed by atoms with E-state index in [0.717, 1.165) is 27.2 Å². The van der Waals surface area contributed by atoms with E-state index in [2.05, 4.69) is 0 Å². The highest BCUT2D eigenvalue weighted by atomic mass is 32.2. The van der Waals surface area contributed by atoms with Crippen molar-refractivity contribution >= 4 is 35.0 Å². The zero-order valence-corrected chi connectivity index (χ0v) is 15.3. The van der Waals surface area contributed by atoms with E-state index < -0.39 is 16.8 Å². The molecule has 3 rings (SSSR count). The highest BCUT2D eigenvalue weighted by molar-refractivity contribution is 7.84. The van der Waals surface area contributed by atoms with Crippen molar-refractivity contribution in [1.29, 1.82) is 0 Å². The van der Waals surface area contributed by atoms with Crippen molar-refractivity contribution in [2.75, 3.05) is 6.26 Å². The summed E-state index contributed by atoms with van der Waals surface area (Å²) in [5.41, 5.74) is 4.11. The fraction of sp³-hybridized carbons (Fsp3) is 0.190. The topological polar surface area (TPSA) is 54.4 Å². The molecule has 1 aliphatic carbocycles. The molecule has 0 fully saturated rings. The van der Waals surface area contributed by atoms with Crippen LogP contribution in [-0.4, -0.2) is 21.5 Å². The molecular formula is C21H19FO3S. The predicted molar refractivity (Wildman–Crippen MR) is 103 cm³/mol. The third-order valence-corrected chi connectivity index (χ3v) is 5.47. The van der Waals surface area contributed by atoms with Crippen molar-refractivity contribution in [1.82, 2.24) is 0 Å². The van der Waals surface area contributed by atoms with Gasteiger partial charge in [0.1, 0.15) is 5.82 Å². The van der Waals surface area contributed by atoms with Gasteiger partial charge in [-0.05, 0) is 53.4 Å². The number of rotatable bonds is 5. The maximum atomic E-state index is 14.0. The number of allylic oxidation sites excluding steroid dienone is 1. The molecule has 26 heavy (non-hydrogen) atoms. The van der Waals surface area contributed by atoms with Crippen molar-refractivity contribution in [3.8, 4) is 0 Å². The number of aliphatic carboxylic acids is 1. The Bertz CT molecular complexity index is 942. The highest BCUT2D eigenvalue weighted by Gasteiger charge is 2.27. The summed E-state index contributed by atoms with van der Waals surface area (Å²) in [6, 6.07) is 10.2. The summed E-state index contributed by atoms with van der Waals surface area (Å²) in [5, 5.41) is 9.20. The molecule has 1 aliphatic rings. The summed E-state index contributed by atoms with van der Waals surface area (Å²) < 4.78 is 25.4. The van der Waals surface area contributed by atoms with E-state index in [1.165, 1.54) is 12.1 Å². The second-order valence-corrected chi connectivity index (χ2v) is 7.77. The average Bonchev–Trinajstić information content (AvgIpc) is 2.87. The van der Waals surface area contributed by atoms with Crippen LogP contribution in [0.5, 0.6) is 0 Å². The van der Waals surface area contributed by atoms with Gasteiger partial charge in [-0.15, -0.1) is 0 Å². The van der Waals surface area contributed by atoms with Crippen LogP contribution in [0, 0.1) is 5.82 Å². The number of carboxylic acid groups (broad SMARTS) is 1. The minimum atomic E-state index is -1.03. The molecule has 0 spiro atoms. The van der Waals surface area contributed by atoms with Gasteiger partial charge in [0.2, 0.25) is 0 Å². The first-order valence-corrected chi connectivity index (χ1v) is 9.76. The van der Waals surface area contributed by atoms with Crippen molar-refractivity contribution in [3.05, 3.63) is 70.0 Å². The number of hydrogen-bond acceptors (Lipinski definition) is 2. The monoisotopic (exact) mass is 370 g/mol. The molecule has 0 heterocycles. The lowest BCUT2D eigenvalue weighted by atomic mass is 9.89. The van der Waals surface area contributed by atoms with Crippen molar-refractivity contribution < 1.29 is 18.5 Å². The molecule has 1 N–H and O–H groups in total. The van der Waals surface area contributed by atoms with E-state index in [0.29, 0.717) is 5.56 Å². The summed E-state index contributed by atoms with van der Waals surface area (Å²) in [5.74, 6) is -1.47. The standard InChI is InChI=1S/C21H19FO3S/c1-13-9-16-11-17(22)10-15(21(16)19(13)12-20(23)24)6-3-14-4-7-18(8-5-14)26(2)25/h3-11,19H,12H2,1-2H3,(H,23,24). The van der Waals surface area contributed by atoms with Crippen LogP contribution in [0.3, 0.4) is 0 Å². The smallest absolute Gasteiger partial charge is 0.304 e. The number of hydrogen-bond donors (Lipinski definition) is 1. The Morgan fingerprint density at radius 3 is 2.54 bits per heavy atom. The molecule has 0 saturated heterocycles. The fourth-order valence-corrected chi connectivity index (χ4v) is 3.81. The van der Waals surface area contributed by atoms with Crippen LogP contribution >= 0.6 is 0 Å². The van der Waals surface area contributed by atoms with Crippen LogP contribution in [0.4, 0.5) is 4.39 Å². The van der Waals surface area contributed by atoms with Gasteiger partial charge >= 0.3 is 5.97 Å². The van der Waals surface area contributed by atoms with Gasteiger partial charge in [-0.2, -0.15) is 0 Å². The second-order valence-electron chi connectivity index (χ2n) is 6.39. The highest BCUT2D eigenvalue weighted by Crippen LogP contribution is 2.41. The Balaban J connectivity index is 1.96. The number of fused-ring (bicyclic) bond motifs is 1. The summed E-state index contributed by atoms with van der Waals surface area (Å²) in [6.07, 6.45) is 7.12. The molecule has 5 heteroatoms. The van der Waals surface area contributed by atoms with E-state index in [4.69, 9.17) is 0 Å². The van der Waals surface area contributed by atoms with Crippen LogP contribution < -0.4 is 0 Å². The van der Waals surface area contributed by atoms with Crippen molar-refractivity contribution in [2.24, 2.45) is 0 Å². The van der Waals surface area contributed by atoms with Gasteiger partial charge in [0.25, 0.3) is 0 Å². The zero-order chi connectivity index (χ0) is 18.8. The van der Waals surface area contributed by atoms with Gasteiger partial charge in [-0.3, -0.25) is 9.00 Å². The quantitative estimate of drug-likeness (QED) is 0.776. The number of carbonyl (C=O) groups is 1. The largest absolute Gasteiger partial charge is 0.481 e. The average molecular weight is 370 g/mol. The van der Waals surface area contributed by atoms with E-state index in [-0.39, 0.29) is 18.2 Å². The number of carboxylic acids is 1. The Labute approximate surface area is 154 Å². The Morgan fingerprint density at radius 2 is 1.92 bits per heavy atom. The van der Waals surface area contributed by atoms with Crippen LogP contribution in [0.2, 0.25) is 0 Å². The molecule has 2 aromatic carbocycles. The molecule has 0 saturated carbocycles. The number of halogens is 1. The lowest BCUT2D eigenvalue weighted by Crippen LogP contribution is -2.07. The molecule has 0 aliphatic heterocycles. The normalized spacial score (nSPS) is 17.2. The molecule has 0 aromatic heterocycles. The summed E-state index contributed by atoms with van der Waals surface area (Å²) >= 11 is 0. The third-order valence-electron chi connectivity index (χ3n) is 4.54. The minimum Gasteiger partial charge on any atom is -0.481 e. The molecule has 0 radical (unpaired) electrons. The first-order chi connectivity index (χ1) is 12.3. The van der Waals surface area contributed by atoms with E-state index in [1.807, 2.05) is 31.2 Å². The van der Waals surface area contributed by atoms with Gasteiger partial charge in [0.05, 0.1) is 6.42 Å². The Kier molecular flexibility index (Phi) is 5.18. The minimum absolute atomic E-state index is 0.0151. The van der Waals surface area contributed by atoms with Gasteiger partial charge in [-0.25, -0.2) is 4.39 Å². The lowest BCUT2D eigenvalue weighted by molar-refractivity contribution is -0.137. The van der Waals surface area contributed by atoms with E-state index >= 15 is 0 Å². The van der Waals surface area contributed by atoms with Crippen LogP contribution in [-0.2, 0) is 15.6 Å². The molecule has 0 amide bonds. The second kappa shape index (κ2) is 7.38. The zero-order valence-electron chi connectivity index (χ0n) is 14.5. The maximum absolute atomic E-state index is 14.0. The molecule has 3 nitrogen and oxygen atoms in total.